The van der Waals surface area contributed by atoms with E-state index in [9.17, 15) is 8.42 Å². The van der Waals surface area contributed by atoms with Crippen molar-refractivity contribution >= 4 is 21.2 Å². The van der Waals surface area contributed by atoms with Gasteiger partial charge in [-0.1, -0.05) is 0 Å². The first-order chi connectivity index (χ1) is 8.55. The average Bonchev–Trinajstić information content (AvgIpc) is 2.84. The Labute approximate surface area is 111 Å². The summed E-state index contributed by atoms with van der Waals surface area (Å²) < 4.78 is 28.1. The van der Waals surface area contributed by atoms with Gasteiger partial charge in [-0.3, -0.25) is 0 Å². The summed E-state index contributed by atoms with van der Waals surface area (Å²) in [4.78, 5) is 5.69. The molecule has 1 fully saturated rings. The number of hydrogen-bond acceptors (Lipinski definition) is 6. The van der Waals surface area contributed by atoms with Crippen molar-refractivity contribution in [1.29, 1.82) is 0 Å². The third-order valence-corrected chi connectivity index (χ3v) is 6.02. The molecule has 18 heavy (non-hydrogen) atoms. The van der Waals surface area contributed by atoms with Gasteiger partial charge in [-0.2, -0.15) is 0 Å². The van der Waals surface area contributed by atoms with Gasteiger partial charge in [-0.25, -0.2) is 13.4 Å². The highest BCUT2D eigenvalue weighted by Crippen LogP contribution is 2.33. The van der Waals surface area contributed by atoms with Gasteiger partial charge in [0.25, 0.3) is 0 Å². The van der Waals surface area contributed by atoms with E-state index in [0.717, 1.165) is 22.1 Å². The Kier molecular flexibility index (Phi) is 4.37. The summed E-state index contributed by atoms with van der Waals surface area (Å²) >= 11 is 1.60. The zero-order valence-corrected chi connectivity index (χ0v) is 12.2. The molecule has 1 aliphatic heterocycles. The van der Waals surface area contributed by atoms with E-state index in [1.54, 1.807) is 18.4 Å². The van der Waals surface area contributed by atoms with E-state index in [1.165, 1.54) is 0 Å². The highest BCUT2D eigenvalue weighted by Gasteiger charge is 2.31. The molecule has 1 aliphatic rings. The number of aromatic nitrogens is 1. The van der Waals surface area contributed by atoms with Gasteiger partial charge in [0.15, 0.2) is 9.84 Å². The zero-order valence-electron chi connectivity index (χ0n) is 10.6. The average molecular weight is 290 g/mol. The van der Waals surface area contributed by atoms with Crippen LogP contribution in [0.2, 0.25) is 0 Å². The van der Waals surface area contributed by atoms with Crippen molar-refractivity contribution in [3.05, 3.63) is 15.6 Å². The molecule has 0 amide bonds. The molecule has 102 valence electrons. The Morgan fingerprint density at radius 3 is 2.89 bits per heavy atom. The molecule has 1 atom stereocenters. The minimum absolute atomic E-state index is 0.0706. The fourth-order valence-corrected chi connectivity index (χ4v) is 5.18. The minimum Gasteiger partial charge on any atom is -0.378 e. The lowest BCUT2D eigenvalue weighted by Gasteiger charge is -2.01. The number of rotatable bonds is 5. The molecular weight excluding hydrogens is 272 g/mol. The molecule has 7 heteroatoms. The Bertz CT molecular complexity index is 487. The lowest BCUT2D eigenvalue weighted by molar-refractivity contribution is 0.181. The first-order valence-electron chi connectivity index (χ1n) is 5.88. The van der Waals surface area contributed by atoms with Crippen molar-refractivity contribution in [3.8, 4) is 0 Å². The Morgan fingerprint density at radius 2 is 2.33 bits per heavy atom. The van der Waals surface area contributed by atoms with Crippen LogP contribution in [0.4, 0.5) is 0 Å². The van der Waals surface area contributed by atoms with Crippen molar-refractivity contribution in [2.24, 2.45) is 0 Å². The number of methoxy groups -OCH3 is 1. The van der Waals surface area contributed by atoms with E-state index in [4.69, 9.17) is 4.74 Å². The molecule has 2 heterocycles. The van der Waals surface area contributed by atoms with Gasteiger partial charge >= 0.3 is 0 Å². The molecule has 0 bridgehead atoms. The molecule has 1 unspecified atom stereocenters. The summed E-state index contributed by atoms with van der Waals surface area (Å²) in [6, 6.07) is 0. The quantitative estimate of drug-likeness (QED) is 0.873. The van der Waals surface area contributed by atoms with Crippen LogP contribution in [0.25, 0.3) is 0 Å². The van der Waals surface area contributed by atoms with Gasteiger partial charge in [-0.15, -0.1) is 11.3 Å². The molecule has 5 nitrogen and oxygen atoms in total. The summed E-state index contributed by atoms with van der Waals surface area (Å²) in [6.45, 7) is 1.23. The predicted octanol–water partition coefficient (Wildman–Crippen LogP) is 0.911. The second-order valence-corrected chi connectivity index (χ2v) is 7.83. The lowest BCUT2D eigenvalue weighted by Crippen LogP contribution is -2.06. The smallest absolute Gasteiger partial charge is 0.151 e. The number of hydrogen-bond donors (Lipinski definition) is 1. The molecule has 1 aromatic rings. The summed E-state index contributed by atoms with van der Waals surface area (Å²) in [5.74, 6) is 0.602. The van der Waals surface area contributed by atoms with E-state index in [2.05, 4.69) is 10.3 Å². The van der Waals surface area contributed by atoms with Crippen molar-refractivity contribution in [3.63, 3.8) is 0 Å². The van der Waals surface area contributed by atoms with Gasteiger partial charge in [0.2, 0.25) is 0 Å². The number of nitrogens with one attached hydrogen (secondary N) is 1. The maximum Gasteiger partial charge on any atom is 0.151 e. The third-order valence-electron chi connectivity index (χ3n) is 2.99. The first-order valence-corrected chi connectivity index (χ1v) is 8.52. The first kappa shape index (κ1) is 13.9. The van der Waals surface area contributed by atoms with Crippen LogP contribution < -0.4 is 5.32 Å². The van der Waals surface area contributed by atoms with Crippen LogP contribution in [-0.2, 0) is 27.7 Å². The summed E-state index contributed by atoms with van der Waals surface area (Å²) in [5.41, 5.74) is 0.927. The lowest BCUT2D eigenvalue weighted by atomic mass is 10.1. The van der Waals surface area contributed by atoms with Gasteiger partial charge in [0.1, 0.15) is 0 Å². The summed E-state index contributed by atoms with van der Waals surface area (Å²) in [5, 5.41) is 4.04. The summed E-state index contributed by atoms with van der Waals surface area (Å²) in [6.07, 6.45) is 0.696. The van der Waals surface area contributed by atoms with Gasteiger partial charge in [0.05, 0.1) is 28.8 Å². The molecule has 0 aliphatic carbocycles. The highest BCUT2D eigenvalue weighted by atomic mass is 32.2. The third kappa shape index (κ3) is 3.09. The fourth-order valence-electron chi connectivity index (χ4n) is 2.12. The molecular formula is C11H18N2O3S2. The molecule has 0 saturated carbocycles. The second kappa shape index (κ2) is 5.64. The van der Waals surface area contributed by atoms with Crippen molar-refractivity contribution in [1.82, 2.24) is 10.3 Å². The van der Waals surface area contributed by atoms with Crippen LogP contribution in [0, 0.1) is 0 Å². The summed E-state index contributed by atoms with van der Waals surface area (Å²) in [7, 11) is 0.674. The van der Waals surface area contributed by atoms with E-state index in [1.807, 2.05) is 7.05 Å². The van der Waals surface area contributed by atoms with Crippen molar-refractivity contribution < 1.29 is 13.2 Å². The molecule has 1 saturated heterocycles. The number of thiazole rings is 1. The number of ether oxygens (including phenoxy) is 1. The zero-order chi connectivity index (χ0) is 13.2. The number of sulfone groups is 1. The van der Waals surface area contributed by atoms with Crippen LogP contribution in [0.15, 0.2) is 0 Å². The SMILES string of the molecule is CNCc1sc(C2CCS(=O)(=O)C2)nc1COC. The van der Waals surface area contributed by atoms with E-state index in [0.29, 0.717) is 13.0 Å². The van der Waals surface area contributed by atoms with Crippen LogP contribution in [-0.4, -0.2) is 39.1 Å². The fraction of sp³-hybridized carbons (Fsp3) is 0.727. The van der Waals surface area contributed by atoms with Crippen LogP contribution in [0.1, 0.15) is 27.9 Å². The standard InChI is InChI=1S/C11H18N2O3S2/c1-12-5-10-9(6-16-2)13-11(17-10)8-3-4-18(14,15)7-8/h8,12H,3-7H2,1-2H3. The van der Waals surface area contributed by atoms with Gasteiger partial charge in [-0.05, 0) is 13.5 Å². The predicted molar refractivity (Wildman–Crippen MR) is 71.6 cm³/mol. The highest BCUT2D eigenvalue weighted by molar-refractivity contribution is 7.91. The Balaban J connectivity index is 2.21. The minimum atomic E-state index is -2.85. The Hall–Kier alpha value is -0.500. The van der Waals surface area contributed by atoms with Gasteiger partial charge in [0, 0.05) is 24.4 Å². The van der Waals surface area contributed by atoms with E-state index < -0.39 is 9.84 Å². The molecule has 1 aromatic heterocycles. The molecule has 0 aromatic carbocycles. The van der Waals surface area contributed by atoms with Crippen LogP contribution in [0.3, 0.4) is 0 Å². The van der Waals surface area contributed by atoms with E-state index in [-0.39, 0.29) is 17.4 Å². The topological polar surface area (TPSA) is 68.3 Å². The van der Waals surface area contributed by atoms with Crippen molar-refractivity contribution in [2.75, 3.05) is 25.7 Å². The largest absolute Gasteiger partial charge is 0.378 e. The van der Waals surface area contributed by atoms with E-state index >= 15 is 0 Å². The normalized spacial score (nSPS) is 22.4. The number of nitrogens with zero attached hydrogens (tertiary/aromatic N) is 1. The van der Waals surface area contributed by atoms with Crippen LogP contribution >= 0.6 is 11.3 Å². The molecule has 0 radical (unpaired) electrons. The van der Waals surface area contributed by atoms with Crippen LogP contribution in [0.5, 0.6) is 0 Å². The monoisotopic (exact) mass is 290 g/mol. The van der Waals surface area contributed by atoms with Crippen molar-refractivity contribution in [2.45, 2.75) is 25.5 Å². The molecule has 0 spiro atoms. The maximum absolute atomic E-state index is 11.5. The second-order valence-electron chi connectivity index (χ2n) is 4.49. The molecule has 1 N–H and O–H groups in total. The molecule has 2 rings (SSSR count). The maximum atomic E-state index is 11.5. The Morgan fingerprint density at radius 1 is 1.56 bits per heavy atom. The van der Waals surface area contributed by atoms with Gasteiger partial charge < -0.3 is 10.1 Å².